The fourth-order valence-electron chi connectivity index (χ4n) is 5.40. The smallest absolute Gasteiger partial charge is 0.252 e. The van der Waals surface area contributed by atoms with Crippen molar-refractivity contribution in [1.29, 1.82) is 0 Å². The summed E-state index contributed by atoms with van der Waals surface area (Å²) in [6.45, 7) is 3.03. The molecule has 0 bridgehead atoms. The molecule has 5 rings (SSSR count). The third-order valence-corrected chi connectivity index (χ3v) is 7.37. The number of aromatic amines is 1. The van der Waals surface area contributed by atoms with Crippen molar-refractivity contribution in [2.45, 2.75) is 70.6 Å². The summed E-state index contributed by atoms with van der Waals surface area (Å²) in [5, 5.41) is 13.8. The van der Waals surface area contributed by atoms with E-state index in [-0.39, 0.29) is 17.4 Å². The quantitative estimate of drug-likeness (QED) is 0.332. The molecule has 2 heterocycles. The maximum Gasteiger partial charge on any atom is 0.252 e. The second-order valence-corrected chi connectivity index (χ2v) is 9.81. The number of pyridine rings is 1. The number of benzene rings is 2. The molecule has 1 N–H and O–H groups in total. The van der Waals surface area contributed by atoms with Crippen LogP contribution in [-0.4, -0.2) is 37.2 Å². The molecule has 1 aliphatic carbocycles. The molecule has 1 atom stereocenters. The van der Waals surface area contributed by atoms with E-state index in [1.54, 1.807) is 19.2 Å². The van der Waals surface area contributed by atoms with Gasteiger partial charge >= 0.3 is 0 Å². The molecule has 8 nitrogen and oxygen atoms in total. The lowest BCUT2D eigenvalue weighted by molar-refractivity contribution is 0.155. The number of H-pyrrole nitrogens is 1. The zero-order chi connectivity index (χ0) is 25.8. The Bertz CT molecular complexity index is 1390. The molecule has 0 unspecified atom stereocenters. The maximum absolute atomic E-state index is 13.6. The summed E-state index contributed by atoms with van der Waals surface area (Å²) in [6.07, 6.45) is 6.50. The zero-order valence-corrected chi connectivity index (χ0v) is 21.4. The van der Waals surface area contributed by atoms with Crippen LogP contribution in [0, 0.1) is 5.82 Å². The Morgan fingerprint density at radius 2 is 1.89 bits per heavy atom. The second kappa shape index (κ2) is 11.2. The Morgan fingerprint density at radius 1 is 1.11 bits per heavy atom. The first-order valence-electron chi connectivity index (χ1n) is 13.0. The van der Waals surface area contributed by atoms with Crippen molar-refractivity contribution in [3.8, 4) is 5.75 Å². The first-order chi connectivity index (χ1) is 18.1. The highest BCUT2D eigenvalue weighted by Gasteiger charge is 2.29. The number of tetrazole rings is 1. The number of methoxy groups -OCH3 is 1. The average Bonchev–Trinajstić information content (AvgIpc) is 3.40. The van der Waals surface area contributed by atoms with Gasteiger partial charge in [0.05, 0.1) is 24.7 Å². The Morgan fingerprint density at radius 3 is 2.62 bits per heavy atom. The standard InChI is InChI=1S/C28H33FN6O2/c1-3-26(27-31-32-33-35(27)23-7-5-4-6-8-23)34(17-19-9-12-22(29)13-10-19)18-21-15-20-11-14-24(37-2)16-25(20)30-28(21)36/h9-16,23,26H,3-8,17-18H2,1-2H3,(H,30,36)/t26-/m1/s1. The van der Waals surface area contributed by atoms with Crippen molar-refractivity contribution in [2.24, 2.45) is 0 Å². The van der Waals surface area contributed by atoms with Gasteiger partial charge in [0.1, 0.15) is 11.6 Å². The lowest BCUT2D eigenvalue weighted by Crippen LogP contribution is -2.33. The molecule has 2 aromatic heterocycles. The van der Waals surface area contributed by atoms with Crippen LogP contribution in [0.15, 0.2) is 53.3 Å². The van der Waals surface area contributed by atoms with Gasteiger partial charge in [-0.25, -0.2) is 9.07 Å². The van der Waals surface area contributed by atoms with Crippen LogP contribution < -0.4 is 10.3 Å². The minimum absolute atomic E-state index is 0.118. The molecule has 2 aromatic carbocycles. The molecule has 9 heteroatoms. The Balaban J connectivity index is 1.51. The molecule has 1 fully saturated rings. The molecule has 0 aliphatic heterocycles. The zero-order valence-electron chi connectivity index (χ0n) is 21.4. The van der Waals surface area contributed by atoms with E-state index in [0.717, 1.165) is 41.6 Å². The number of rotatable bonds is 9. The lowest BCUT2D eigenvalue weighted by Gasteiger charge is -2.32. The molecule has 194 valence electrons. The highest BCUT2D eigenvalue weighted by atomic mass is 19.1. The van der Waals surface area contributed by atoms with Gasteiger partial charge in [0.15, 0.2) is 5.82 Å². The monoisotopic (exact) mass is 504 g/mol. The fraction of sp³-hybridized carbons (Fsp3) is 0.429. The summed E-state index contributed by atoms with van der Waals surface area (Å²) in [7, 11) is 1.60. The van der Waals surface area contributed by atoms with Crippen molar-refractivity contribution >= 4 is 10.9 Å². The van der Waals surface area contributed by atoms with E-state index < -0.39 is 0 Å². The Hall–Kier alpha value is -3.59. The molecule has 4 aromatic rings. The molecule has 0 amide bonds. The predicted molar refractivity (Wildman–Crippen MR) is 140 cm³/mol. The Kier molecular flexibility index (Phi) is 7.60. The molecule has 1 aliphatic rings. The molecular weight excluding hydrogens is 471 g/mol. The van der Waals surface area contributed by atoms with Crippen molar-refractivity contribution in [3.05, 3.63) is 81.7 Å². The second-order valence-electron chi connectivity index (χ2n) is 9.81. The van der Waals surface area contributed by atoms with Gasteiger partial charge in [0, 0.05) is 24.7 Å². The molecule has 1 saturated carbocycles. The lowest BCUT2D eigenvalue weighted by atomic mass is 9.95. The summed E-state index contributed by atoms with van der Waals surface area (Å²) in [5.41, 5.74) is 2.19. The van der Waals surface area contributed by atoms with Crippen LogP contribution in [0.25, 0.3) is 10.9 Å². The van der Waals surface area contributed by atoms with E-state index >= 15 is 0 Å². The van der Waals surface area contributed by atoms with Gasteiger partial charge in [-0.05, 0) is 71.0 Å². The number of hydrogen-bond donors (Lipinski definition) is 1. The first kappa shape index (κ1) is 25.1. The van der Waals surface area contributed by atoms with E-state index in [4.69, 9.17) is 4.74 Å². The van der Waals surface area contributed by atoms with Crippen molar-refractivity contribution in [3.63, 3.8) is 0 Å². The third-order valence-electron chi connectivity index (χ3n) is 7.37. The molecule has 0 spiro atoms. The SMILES string of the molecule is CC[C@H](c1nnnn1C1CCCCC1)N(Cc1ccc(F)cc1)Cc1cc2ccc(OC)cc2[nH]c1=O. The third kappa shape index (κ3) is 5.56. The molecule has 0 saturated heterocycles. The van der Waals surface area contributed by atoms with E-state index in [0.29, 0.717) is 30.4 Å². The molecular formula is C28H33FN6O2. The highest BCUT2D eigenvalue weighted by Crippen LogP contribution is 2.33. The van der Waals surface area contributed by atoms with Crippen LogP contribution in [0.5, 0.6) is 5.75 Å². The predicted octanol–water partition coefficient (Wildman–Crippen LogP) is 5.32. The summed E-state index contributed by atoms with van der Waals surface area (Å²) in [6, 6.07) is 14.3. The molecule has 37 heavy (non-hydrogen) atoms. The van der Waals surface area contributed by atoms with Gasteiger partial charge in [-0.2, -0.15) is 0 Å². The first-order valence-corrected chi connectivity index (χ1v) is 13.0. The minimum Gasteiger partial charge on any atom is -0.497 e. The molecule has 0 radical (unpaired) electrons. The van der Waals surface area contributed by atoms with Crippen LogP contribution in [0.3, 0.4) is 0 Å². The number of halogens is 1. The van der Waals surface area contributed by atoms with Gasteiger partial charge in [-0.1, -0.05) is 38.3 Å². The van der Waals surface area contributed by atoms with Crippen LogP contribution in [-0.2, 0) is 13.1 Å². The largest absolute Gasteiger partial charge is 0.497 e. The van der Waals surface area contributed by atoms with Gasteiger partial charge in [-0.15, -0.1) is 5.10 Å². The highest BCUT2D eigenvalue weighted by molar-refractivity contribution is 5.80. The van der Waals surface area contributed by atoms with Gasteiger partial charge in [-0.3, -0.25) is 9.69 Å². The number of ether oxygens (including phenoxy) is 1. The van der Waals surface area contributed by atoms with E-state index in [2.05, 4.69) is 32.3 Å². The topological polar surface area (TPSA) is 88.9 Å². The van der Waals surface area contributed by atoms with Crippen LogP contribution in [0.1, 0.15) is 74.5 Å². The van der Waals surface area contributed by atoms with Gasteiger partial charge in [0.2, 0.25) is 0 Å². The normalized spacial score (nSPS) is 15.4. The van der Waals surface area contributed by atoms with Gasteiger partial charge < -0.3 is 9.72 Å². The van der Waals surface area contributed by atoms with Crippen molar-refractivity contribution in [2.75, 3.05) is 7.11 Å². The minimum atomic E-state index is -0.273. The summed E-state index contributed by atoms with van der Waals surface area (Å²) >= 11 is 0. The van der Waals surface area contributed by atoms with Crippen LogP contribution in [0.2, 0.25) is 0 Å². The van der Waals surface area contributed by atoms with E-state index in [9.17, 15) is 9.18 Å². The summed E-state index contributed by atoms with van der Waals surface area (Å²) in [4.78, 5) is 18.4. The van der Waals surface area contributed by atoms with E-state index in [1.807, 2.05) is 28.9 Å². The number of aromatic nitrogens is 5. The van der Waals surface area contributed by atoms with Crippen LogP contribution >= 0.6 is 0 Å². The van der Waals surface area contributed by atoms with Crippen LogP contribution in [0.4, 0.5) is 4.39 Å². The fourth-order valence-corrected chi connectivity index (χ4v) is 5.40. The number of nitrogens with one attached hydrogen (secondary N) is 1. The van der Waals surface area contributed by atoms with E-state index in [1.165, 1.54) is 31.4 Å². The number of fused-ring (bicyclic) bond motifs is 1. The van der Waals surface area contributed by atoms with Gasteiger partial charge in [0.25, 0.3) is 5.56 Å². The summed E-state index contributed by atoms with van der Waals surface area (Å²) in [5.74, 6) is 1.23. The summed E-state index contributed by atoms with van der Waals surface area (Å²) < 4.78 is 20.9. The van der Waals surface area contributed by atoms with Crippen molar-refractivity contribution in [1.82, 2.24) is 30.1 Å². The van der Waals surface area contributed by atoms with Crippen molar-refractivity contribution < 1.29 is 9.13 Å². The Labute approximate surface area is 215 Å². The maximum atomic E-state index is 13.6. The number of hydrogen-bond acceptors (Lipinski definition) is 6. The average molecular weight is 505 g/mol. The number of nitrogens with zero attached hydrogens (tertiary/aromatic N) is 5.